The normalized spacial score (nSPS) is 11.9. The number of carbonyl (C=O) groups excluding carboxylic acids is 1. The maximum atomic E-state index is 12.0. The summed E-state index contributed by atoms with van der Waals surface area (Å²) in [5, 5.41) is 11.6. The lowest BCUT2D eigenvalue weighted by Crippen LogP contribution is -2.73. The standard InChI is InChI=1S/C32H64N2O3/c1-4-6-8-10-12-14-15-16-17-19-21-23-25-28-32(36)37-34(3)30-26-29-33-31(35)27-24-22-20-18-13-11-9-7-5-2/h4-30H2,1-3H3,(H,33,35)/p+1. The zero-order valence-electron chi connectivity index (χ0n) is 25.3. The second-order valence-electron chi connectivity index (χ2n) is 11.1. The number of nitrogens with zero attached hydrogens (tertiary/aromatic N) is 1. The van der Waals surface area contributed by atoms with Gasteiger partial charge in [0, 0.05) is 26.4 Å². The number of hydrogen-bond donors (Lipinski definition) is 2. The Morgan fingerprint density at radius 3 is 1.41 bits per heavy atom. The van der Waals surface area contributed by atoms with E-state index in [4.69, 9.17) is 4.84 Å². The fourth-order valence-corrected chi connectivity index (χ4v) is 4.78. The van der Waals surface area contributed by atoms with E-state index in [1.807, 2.05) is 7.05 Å². The summed E-state index contributed by atoms with van der Waals surface area (Å²) in [7, 11) is 1.81. The van der Waals surface area contributed by atoms with Gasteiger partial charge in [0.15, 0.2) is 0 Å². The SMILES string of the molecule is CCCCCCCCCCCCCCCC(=O)ON(C)CCC[NH+]=C(O)CCCCCCCCCCC. The fourth-order valence-electron chi connectivity index (χ4n) is 4.78. The molecule has 0 aromatic heterocycles. The van der Waals surface area contributed by atoms with Crippen molar-refractivity contribution < 1.29 is 19.7 Å². The maximum absolute atomic E-state index is 12.0. The lowest BCUT2D eigenvalue weighted by Gasteiger charge is -2.14. The highest BCUT2D eigenvalue weighted by molar-refractivity contribution is 5.68. The molecule has 0 fully saturated rings. The Morgan fingerprint density at radius 2 is 0.973 bits per heavy atom. The molecule has 0 spiro atoms. The maximum Gasteiger partial charge on any atom is 0.332 e. The van der Waals surface area contributed by atoms with Crippen LogP contribution < -0.4 is 4.99 Å². The zero-order chi connectivity index (χ0) is 27.2. The molecule has 0 atom stereocenters. The third-order valence-corrected chi connectivity index (χ3v) is 7.24. The summed E-state index contributed by atoms with van der Waals surface area (Å²) in [5.41, 5.74) is 0. The summed E-state index contributed by atoms with van der Waals surface area (Å²) < 4.78 is 0. The summed E-state index contributed by atoms with van der Waals surface area (Å²) >= 11 is 0. The van der Waals surface area contributed by atoms with E-state index < -0.39 is 0 Å². The van der Waals surface area contributed by atoms with Crippen LogP contribution in [-0.2, 0) is 9.63 Å². The highest BCUT2D eigenvalue weighted by Gasteiger charge is 2.08. The van der Waals surface area contributed by atoms with Gasteiger partial charge in [-0.05, 0) is 12.8 Å². The van der Waals surface area contributed by atoms with Gasteiger partial charge < -0.3 is 9.94 Å². The molecular formula is C32H65N2O3+. The van der Waals surface area contributed by atoms with E-state index in [1.54, 1.807) is 5.06 Å². The van der Waals surface area contributed by atoms with Crippen molar-refractivity contribution >= 4 is 11.9 Å². The van der Waals surface area contributed by atoms with E-state index in [0.717, 1.165) is 32.1 Å². The molecule has 0 saturated heterocycles. The Balaban J connectivity index is 3.47. The molecule has 0 rings (SSSR count). The van der Waals surface area contributed by atoms with Crippen molar-refractivity contribution in [1.29, 1.82) is 0 Å². The Bertz CT molecular complexity index is 510. The van der Waals surface area contributed by atoms with Crippen molar-refractivity contribution in [3.63, 3.8) is 0 Å². The van der Waals surface area contributed by atoms with E-state index in [1.165, 1.54) is 122 Å². The molecule has 0 saturated carbocycles. The number of hydrogen-bond acceptors (Lipinski definition) is 3. The van der Waals surface area contributed by atoms with Gasteiger partial charge in [0.1, 0.15) is 6.54 Å². The molecule has 0 bridgehead atoms. The first-order valence-corrected chi connectivity index (χ1v) is 16.3. The Hall–Kier alpha value is -1.10. The van der Waals surface area contributed by atoms with Gasteiger partial charge in [-0.3, -0.25) is 4.79 Å². The van der Waals surface area contributed by atoms with Gasteiger partial charge in [0.2, 0.25) is 0 Å². The molecule has 0 aromatic carbocycles. The molecule has 0 radical (unpaired) electrons. The molecule has 0 aliphatic rings. The van der Waals surface area contributed by atoms with Crippen molar-refractivity contribution in [3.05, 3.63) is 0 Å². The smallest absolute Gasteiger partial charge is 0.332 e. The monoisotopic (exact) mass is 525 g/mol. The quantitative estimate of drug-likeness (QED) is 0.0447. The largest absolute Gasteiger partial charge is 0.464 e. The van der Waals surface area contributed by atoms with Crippen molar-refractivity contribution in [2.45, 2.75) is 174 Å². The summed E-state index contributed by atoms with van der Waals surface area (Å²) in [6.07, 6.45) is 30.7. The summed E-state index contributed by atoms with van der Waals surface area (Å²) in [4.78, 5) is 20.5. The van der Waals surface area contributed by atoms with E-state index in [9.17, 15) is 9.90 Å². The van der Waals surface area contributed by atoms with E-state index >= 15 is 0 Å². The lowest BCUT2D eigenvalue weighted by molar-refractivity contribution is -0.469. The van der Waals surface area contributed by atoms with Crippen LogP contribution in [-0.4, -0.2) is 42.2 Å². The van der Waals surface area contributed by atoms with Crippen LogP contribution in [0.15, 0.2) is 0 Å². The van der Waals surface area contributed by atoms with Crippen LogP contribution in [0.25, 0.3) is 0 Å². The second-order valence-corrected chi connectivity index (χ2v) is 11.1. The minimum absolute atomic E-state index is 0.127. The number of unbranched alkanes of at least 4 members (excludes halogenated alkanes) is 20. The van der Waals surface area contributed by atoms with Crippen LogP contribution in [0.4, 0.5) is 0 Å². The van der Waals surface area contributed by atoms with E-state index in [2.05, 4.69) is 18.8 Å². The van der Waals surface area contributed by atoms with E-state index in [-0.39, 0.29) is 5.97 Å². The Labute approximate surface area is 231 Å². The number of rotatable bonds is 29. The average Bonchev–Trinajstić information content (AvgIpc) is 2.88. The lowest BCUT2D eigenvalue weighted by atomic mass is 10.0. The van der Waals surface area contributed by atoms with Gasteiger partial charge in [0.05, 0.1) is 6.42 Å². The highest BCUT2D eigenvalue weighted by Crippen LogP contribution is 2.13. The topological polar surface area (TPSA) is 63.7 Å². The minimum Gasteiger partial charge on any atom is -0.464 e. The summed E-state index contributed by atoms with van der Waals surface area (Å²) in [6.45, 7) is 5.90. The first-order valence-electron chi connectivity index (χ1n) is 16.3. The first-order chi connectivity index (χ1) is 18.1. The van der Waals surface area contributed by atoms with Gasteiger partial charge in [-0.1, -0.05) is 142 Å². The van der Waals surface area contributed by atoms with Crippen molar-refractivity contribution in [1.82, 2.24) is 5.06 Å². The number of hydroxylamine groups is 2. The molecule has 0 aliphatic carbocycles. The molecule has 220 valence electrons. The number of nitrogens with one attached hydrogen (secondary N) is 1. The van der Waals surface area contributed by atoms with Crippen molar-refractivity contribution in [3.8, 4) is 0 Å². The Kier molecular flexibility index (Phi) is 28.6. The average molecular weight is 526 g/mol. The van der Waals surface area contributed by atoms with Crippen LogP contribution in [0.2, 0.25) is 0 Å². The molecule has 0 unspecified atom stereocenters. The predicted molar refractivity (Wildman–Crippen MR) is 159 cm³/mol. The molecule has 0 aliphatic heterocycles. The van der Waals surface area contributed by atoms with Crippen LogP contribution in [0.3, 0.4) is 0 Å². The summed E-state index contributed by atoms with van der Waals surface area (Å²) in [6, 6.07) is 0. The summed E-state index contributed by atoms with van der Waals surface area (Å²) in [5.74, 6) is 0.267. The second kappa shape index (κ2) is 29.5. The zero-order valence-corrected chi connectivity index (χ0v) is 25.3. The van der Waals surface area contributed by atoms with Gasteiger partial charge in [0.25, 0.3) is 0 Å². The van der Waals surface area contributed by atoms with Gasteiger partial charge in [-0.25, -0.2) is 4.99 Å². The van der Waals surface area contributed by atoms with Gasteiger partial charge >= 0.3 is 11.9 Å². The molecule has 5 nitrogen and oxygen atoms in total. The fraction of sp³-hybridized carbons (Fsp3) is 0.938. The highest BCUT2D eigenvalue weighted by atomic mass is 16.7. The van der Waals surface area contributed by atoms with Crippen LogP contribution >= 0.6 is 0 Å². The Morgan fingerprint density at radius 1 is 0.595 bits per heavy atom. The molecular weight excluding hydrogens is 460 g/mol. The number of aliphatic hydroxyl groups excluding tert-OH is 1. The third-order valence-electron chi connectivity index (χ3n) is 7.24. The number of carbonyl (C=O) groups is 1. The van der Waals surface area contributed by atoms with Gasteiger partial charge in [-0.15, -0.1) is 5.06 Å². The van der Waals surface area contributed by atoms with E-state index in [0.29, 0.717) is 25.4 Å². The molecule has 2 N–H and O–H groups in total. The van der Waals surface area contributed by atoms with Crippen LogP contribution in [0, 0.1) is 0 Å². The van der Waals surface area contributed by atoms with Crippen LogP contribution in [0.5, 0.6) is 0 Å². The molecule has 0 amide bonds. The van der Waals surface area contributed by atoms with Gasteiger partial charge in [-0.2, -0.15) is 0 Å². The molecule has 37 heavy (non-hydrogen) atoms. The molecule has 0 heterocycles. The third kappa shape index (κ3) is 29.3. The van der Waals surface area contributed by atoms with Crippen molar-refractivity contribution in [2.24, 2.45) is 0 Å². The minimum atomic E-state index is -0.127. The number of aliphatic hydroxyl groups is 1. The molecule has 5 heteroatoms. The predicted octanol–water partition coefficient (Wildman–Crippen LogP) is 8.21. The van der Waals surface area contributed by atoms with Crippen LogP contribution in [0.1, 0.15) is 174 Å². The van der Waals surface area contributed by atoms with Crippen molar-refractivity contribution in [2.75, 3.05) is 20.1 Å². The first kappa shape index (κ1) is 35.9. The molecule has 0 aromatic rings.